The summed E-state index contributed by atoms with van der Waals surface area (Å²) in [7, 11) is 0. The number of nitrogens with zero attached hydrogens (tertiary/aromatic N) is 5. The molecule has 1 aliphatic heterocycles. The van der Waals surface area contributed by atoms with E-state index in [1.165, 1.54) is 0 Å². The Labute approximate surface area is 179 Å². The summed E-state index contributed by atoms with van der Waals surface area (Å²) in [5.74, 6) is 0.0849. The molecule has 0 unspecified atom stereocenters. The van der Waals surface area contributed by atoms with E-state index in [9.17, 15) is 0 Å². The lowest BCUT2D eigenvalue weighted by Gasteiger charge is -2.30. The fourth-order valence-corrected chi connectivity index (χ4v) is 5.44. The Balaban J connectivity index is 1.51. The summed E-state index contributed by atoms with van der Waals surface area (Å²) in [5, 5.41) is 10.2. The van der Waals surface area contributed by atoms with Gasteiger partial charge in [-0.25, -0.2) is 9.37 Å². The number of benzene rings is 1. The molecule has 0 saturated carbocycles. The van der Waals surface area contributed by atoms with Crippen molar-refractivity contribution in [2.45, 2.75) is 39.5 Å². The number of likely N-dealkylation sites (tertiary alicyclic amines) is 1. The number of fused-ring (bicyclic) bond motifs is 2. The van der Waals surface area contributed by atoms with Gasteiger partial charge >= 0.3 is 0 Å². The highest BCUT2D eigenvalue weighted by atomic mass is 32.1. The second-order valence-electron chi connectivity index (χ2n) is 8.08. The summed E-state index contributed by atoms with van der Waals surface area (Å²) in [6.07, 6.45) is 2.10. The predicted octanol–water partition coefficient (Wildman–Crippen LogP) is 5.26. The fourth-order valence-electron chi connectivity index (χ4n) is 4.34. The molecule has 0 bridgehead atoms. The van der Waals surface area contributed by atoms with E-state index in [1.54, 1.807) is 17.4 Å². The summed E-state index contributed by atoms with van der Waals surface area (Å²) in [6, 6.07) is 7.38. The van der Waals surface area contributed by atoms with Gasteiger partial charge in [-0.2, -0.15) is 10.2 Å². The van der Waals surface area contributed by atoms with Crippen LogP contribution in [0.25, 0.3) is 31.7 Å². The van der Waals surface area contributed by atoms with Crippen molar-refractivity contribution >= 4 is 32.5 Å². The van der Waals surface area contributed by atoms with E-state index in [2.05, 4.69) is 27.0 Å². The van der Waals surface area contributed by atoms with Crippen molar-refractivity contribution in [2.75, 3.05) is 19.6 Å². The Morgan fingerprint density at radius 1 is 1.07 bits per heavy atom. The third-order valence-corrected chi connectivity index (χ3v) is 7.10. The van der Waals surface area contributed by atoms with Crippen molar-refractivity contribution in [2.24, 2.45) is 0 Å². The Hall–Kier alpha value is -2.51. The van der Waals surface area contributed by atoms with Crippen LogP contribution in [-0.4, -0.2) is 44.7 Å². The standard InChI is InChI=1S/C23H24FN5S/c1-4-29-7-5-15(6-8-29)19-12-17-18(24)10-16(11-20(17)28-27-19)23-26-22-14(3)25-13(2)9-21(22)30-23/h9-12,15H,4-8H2,1-3H3. The number of aromatic nitrogens is 4. The maximum atomic E-state index is 15.1. The summed E-state index contributed by atoms with van der Waals surface area (Å²) >= 11 is 1.55. The van der Waals surface area contributed by atoms with Gasteiger partial charge in [0.25, 0.3) is 0 Å². The summed E-state index contributed by atoms with van der Waals surface area (Å²) in [4.78, 5) is 11.6. The first-order chi connectivity index (χ1) is 14.5. The van der Waals surface area contributed by atoms with Gasteiger partial charge in [-0.15, -0.1) is 11.3 Å². The first-order valence-corrected chi connectivity index (χ1v) is 11.3. The molecule has 5 rings (SSSR count). The smallest absolute Gasteiger partial charge is 0.133 e. The van der Waals surface area contributed by atoms with Crippen LogP contribution in [0.1, 0.15) is 42.8 Å². The molecule has 4 aromatic rings. The largest absolute Gasteiger partial charge is 0.304 e. The van der Waals surface area contributed by atoms with Crippen LogP contribution >= 0.6 is 11.3 Å². The number of thiazole rings is 1. The lowest BCUT2D eigenvalue weighted by molar-refractivity contribution is 0.220. The first kappa shape index (κ1) is 19.5. The zero-order chi connectivity index (χ0) is 20.8. The van der Waals surface area contributed by atoms with Crippen molar-refractivity contribution in [3.05, 3.63) is 47.2 Å². The molecular weight excluding hydrogens is 397 g/mol. The summed E-state index contributed by atoms with van der Waals surface area (Å²) < 4.78 is 16.1. The molecule has 0 atom stereocenters. The number of rotatable bonds is 3. The van der Waals surface area contributed by atoms with Gasteiger partial charge in [-0.05, 0) is 70.6 Å². The van der Waals surface area contributed by atoms with Crippen molar-refractivity contribution in [1.82, 2.24) is 25.1 Å². The molecule has 0 aliphatic carbocycles. The van der Waals surface area contributed by atoms with Crippen molar-refractivity contribution in [1.29, 1.82) is 0 Å². The third-order valence-electron chi connectivity index (χ3n) is 6.05. The molecule has 0 spiro atoms. The number of hydrogen-bond donors (Lipinski definition) is 0. The van der Waals surface area contributed by atoms with Gasteiger partial charge in [0.15, 0.2) is 0 Å². The number of halogens is 1. The molecule has 0 N–H and O–H groups in total. The molecule has 30 heavy (non-hydrogen) atoms. The van der Waals surface area contributed by atoms with E-state index < -0.39 is 0 Å². The number of pyridine rings is 1. The van der Waals surface area contributed by atoms with Gasteiger partial charge in [-0.3, -0.25) is 4.98 Å². The van der Waals surface area contributed by atoms with Crippen LogP contribution in [0.5, 0.6) is 0 Å². The molecular formula is C23H24FN5S. The highest BCUT2D eigenvalue weighted by Crippen LogP contribution is 2.34. The SMILES string of the molecule is CCN1CCC(c2cc3c(F)cc(-c4nc5c(C)nc(C)cc5s4)cc3nn2)CC1. The van der Waals surface area contributed by atoms with Crippen LogP contribution in [0.3, 0.4) is 0 Å². The lowest BCUT2D eigenvalue weighted by atomic mass is 9.92. The highest BCUT2D eigenvalue weighted by molar-refractivity contribution is 7.21. The van der Waals surface area contributed by atoms with E-state index in [0.717, 1.165) is 70.3 Å². The van der Waals surface area contributed by atoms with Gasteiger partial charge in [0.1, 0.15) is 16.3 Å². The molecule has 1 aliphatic rings. The number of hydrogen-bond acceptors (Lipinski definition) is 6. The van der Waals surface area contributed by atoms with Gasteiger partial charge in [0.2, 0.25) is 0 Å². The minimum atomic E-state index is -0.269. The van der Waals surface area contributed by atoms with Crippen LogP contribution in [0.4, 0.5) is 4.39 Å². The monoisotopic (exact) mass is 421 g/mol. The Morgan fingerprint density at radius 3 is 2.63 bits per heavy atom. The van der Waals surface area contributed by atoms with Gasteiger partial charge in [-0.1, -0.05) is 6.92 Å². The van der Waals surface area contributed by atoms with Gasteiger partial charge < -0.3 is 4.90 Å². The van der Waals surface area contributed by atoms with Crippen LogP contribution in [0.15, 0.2) is 24.3 Å². The van der Waals surface area contributed by atoms with E-state index in [-0.39, 0.29) is 5.82 Å². The Morgan fingerprint density at radius 2 is 1.87 bits per heavy atom. The minimum absolute atomic E-state index is 0.269. The van der Waals surface area contributed by atoms with Gasteiger partial charge in [0, 0.05) is 22.6 Å². The molecule has 1 fully saturated rings. The molecule has 1 saturated heterocycles. The summed E-state index contributed by atoms with van der Waals surface area (Å²) in [6.45, 7) is 9.32. The van der Waals surface area contributed by atoms with Crippen LogP contribution in [0, 0.1) is 19.7 Å². The maximum absolute atomic E-state index is 15.1. The Kier molecular flexibility index (Phi) is 4.95. The fraction of sp³-hybridized carbons (Fsp3) is 0.391. The molecule has 4 heterocycles. The second kappa shape index (κ2) is 7.63. The maximum Gasteiger partial charge on any atom is 0.133 e. The number of aryl methyl sites for hydroxylation is 2. The van der Waals surface area contributed by atoms with Gasteiger partial charge in [0.05, 0.1) is 21.6 Å². The quantitative estimate of drug-likeness (QED) is 0.452. The molecule has 3 aromatic heterocycles. The van der Waals surface area contributed by atoms with E-state index in [4.69, 9.17) is 4.98 Å². The molecule has 5 nitrogen and oxygen atoms in total. The average molecular weight is 422 g/mol. The van der Waals surface area contributed by atoms with Crippen molar-refractivity contribution < 1.29 is 4.39 Å². The topological polar surface area (TPSA) is 54.8 Å². The lowest BCUT2D eigenvalue weighted by Crippen LogP contribution is -2.32. The zero-order valence-corrected chi connectivity index (χ0v) is 18.3. The van der Waals surface area contributed by atoms with E-state index in [1.807, 2.05) is 32.0 Å². The molecule has 154 valence electrons. The third kappa shape index (κ3) is 3.46. The minimum Gasteiger partial charge on any atom is -0.304 e. The van der Waals surface area contributed by atoms with Crippen LogP contribution in [-0.2, 0) is 0 Å². The molecule has 0 radical (unpaired) electrons. The number of piperidine rings is 1. The average Bonchev–Trinajstić information content (AvgIpc) is 3.18. The highest BCUT2D eigenvalue weighted by Gasteiger charge is 2.22. The van der Waals surface area contributed by atoms with Crippen molar-refractivity contribution in [3.8, 4) is 10.6 Å². The molecule has 7 heteroatoms. The first-order valence-electron chi connectivity index (χ1n) is 10.5. The molecule has 0 amide bonds. The Bertz CT molecular complexity index is 1240. The van der Waals surface area contributed by atoms with E-state index in [0.29, 0.717) is 16.8 Å². The van der Waals surface area contributed by atoms with Crippen LogP contribution in [0.2, 0.25) is 0 Å². The normalized spacial score (nSPS) is 16.0. The predicted molar refractivity (Wildman–Crippen MR) is 119 cm³/mol. The zero-order valence-electron chi connectivity index (χ0n) is 17.4. The van der Waals surface area contributed by atoms with Crippen LogP contribution < -0.4 is 0 Å². The van der Waals surface area contributed by atoms with Crippen molar-refractivity contribution in [3.63, 3.8) is 0 Å². The van der Waals surface area contributed by atoms with E-state index >= 15 is 4.39 Å². The summed E-state index contributed by atoms with van der Waals surface area (Å²) in [5.41, 5.74) is 4.94. The molecule has 1 aromatic carbocycles. The second-order valence-corrected chi connectivity index (χ2v) is 9.11.